The van der Waals surface area contributed by atoms with Gasteiger partial charge < -0.3 is 60.9 Å². The molecular formula is C46H90Li2N2O17. The number of hydrogen-bond acceptors (Lipinski definition) is 17. The van der Waals surface area contributed by atoms with E-state index in [0.29, 0.717) is 24.2 Å². The van der Waals surface area contributed by atoms with Gasteiger partial charge in [0.15, 0.2) is 42.7 Å². The molecule has 8 atom stereocenters. The van der Waals surface area contributed by atoms with Crippen molar-refractivity contribution in [2.45, 2.75) is 245 Å². The van der Waals surface area contributed by atoms with Gasteiger partial charge in [0.1, 0.15) is 6.10 Å². The van der Waals surface area contributed by atoms with Gasteiger partial charge in [-0.3, -0.25) is 0 Å². The summed E-state index contributed by atoms with van der Waals surface area (Å²) in [6, 6.07) is 2.25. The average Bonchev–Trinajstić information content (AvgIpc) is 3.19. The zero-order valence-electron chi connectivity index (χ0n) is 43.4. The zero-order valence-corrected chi connectivity index (χ0v) is 43.4. The standard InChI is InChI=1S/C9H14O7.C9H12O6.C6H15N.C6H14N.C6H8O4.C4H10.C4H9.2CH4.2Li/c1-4(10)8(13)16-6(3)9(14)15-5(2)7(11)12;1-4-7(10)14-6(3)9(12)15-5(2)8(11)13-4;2*1-5(2)7-6(3)4;1-3-5(7)10-4(2)6(8)9-3;2*1-3-4-2;;;;/h4-6,10H,1-3H3,(H,11,12);4-6H,1-3H3;5-7H,1-4H3;5-6H,1-4H3;3-4H,1-2H3;3-4H2,1-2H3;1,3-4H2,2H3;2*1H4;;/q;;;-1;;;-1;;;2*+1/t2*4-,5-,6-;;;3-,4-;;;;;;/m00..0....../s1. The number of unbranched alkanes of at least 4 members (excludes halogenated alkanes) is 2. The normalized spacial score (nSPS) is 19.3. The fourth-order valence-corrected chi connectivity index (χ4v) is 3.50. The van der Waals surface area contributed by atoms with Crippen molar-refractivity contribution in [3.63, 3.8) is 0 Å². The summed E-state index contributed by atoms with van der Waals surface area (Å²) < 4.78 is 32.3. The number of aliphatic hydroxyl groups excluding tert-OH is 1. The van der Waals surface area contributed by atoms with Crippen molar-refractivity contribution in [1.29, 1.82) is 0 Å². The quantitative estimate of drug-likeness (QED) is 0.114. The third-order valence-corrected chi connectivity index (χ3v) is 6.85. The van der Waals surface area contributed by atoms with Gasteiger partial charge in [0.2, 0.25) is 0 Å². The first-order chi connectivity index (χ1) is 28.9. The largest absolute Gasteiger partial charge is 1.00 e. The van der Waals surface area contributed by atoms with Gasteiger partial charge in [0.25, 0.3) is 0 Å². The van der Waals surface area contributed by atoms with Gasteiger partial charge >= 0.3 is 85.5 Å². The van der Waals surface area contributed by atoms with E-state index in [-0.39, 0.29) is 52.6 Å². The van der Waals surface area contributed by atoms with Crippen molar-refractivity contribution in [2.75, 3.05) is 0 Å². The van der Waals surface area contributed by atoms with E-state index in [4.69, 9.17) is 24.4 Å². The summed E-state index contributed by atoms with van der Waals surface area (Å²) in [7, 11) is 0. The summed E-state index contributed by atoms with van der Waals surface area (Å²) in [4.78, 5) is 87.4. The number of carboxylic acids is 1. The molecule has 2 saturated heterocycles. The monoisotopic (exact) mass is 957 g/mol. The van der Waals surface area contributed by atoms with Gasteiger partial charge in [-0.25, -0.2) is 38.4 Å². The van der Waals surface area contributed by atoms with E-state index in [0.717, 1.165) is 6.42 Å². The summed E-state index contributed by atoms with van der Waals surface area (Å²) in [6.07, 6.45) is -3.60. The Hall–Kier alpha value is -3.17. The van der Waals surface area contributed by atoms with Crippen molar-refractivity contribution >= 4 is 47.8 Å². The van der Waals surface area contributed by atoms with Crippen LogP contribution in [0, 0.1) is 6.92 Å². The first-order valence-electron chi connectivity index (χ1n) is 21.5. The third kappa shape index (κ3) is 52.1. The van der Waals surface area contributed by atoms with Gasteiger partial charge in [-0.2, -0.15) is 6.42 Å². The molecule has 0 unspecified atom stereocenters. The van der Waals surface area contributed by atoms with Crippen molar-refractivity contribution in [3.05, 3.63) is 12.2 Å². The van der Waals surface area contributed by atoms with E-state index in [1.54, 1.807) is 0 Å². The number of carboxylic acid groups (broad SMARTS) is 1. The molecule has 2 heterocycles. The van der Waals surface area contributed by atoms with E-state index in [2.05, 4.69) is 113 Å². The summed E-state index contributed by atoms with van der Waals surface area (Å²) >= 11 is 0. The molecule has 2 rings (SSSR count). The number of rotatable bonds is 11. The molecule has 2 fully saturated rings. The number of cyclic esters (lactones) is 5. The van der Waals surface area contributed by atoms with E-state index in [9.17, 15) is 38.4 Å². The van der Waals surface area contributed by atoms with Crippen molar-refractivity contribution < 1.29 is 119 Å². The van der Waals surface area contributed by atoms with Crippen molar-refractivity contribution in [2.24, 2.45) is 0 Å². The molecule has 0 aromatic rings. The molecule has 2 aliphatic heterocycles. The second-order valence-electron chi connectivity index (χ2n) is 15.2. The van der Waals surface area contributed by atoms with Crippen molar-refractivity contribution in [3.8, 4) is 0 Å². The maximum absolute atomic E-state index is 11.2. The summed E-state index contributed by atoms with van der Waals surface area (Å²) in [5, 5.41) is 24.8. The molecule has 388 valence electrons. The van der Waals surface area contributed by atoms with E-state index < -0.39 is 96.6 Å². The van der Waals surface area contributed by atoms with Crippen LogP contribution in [0.25, 0.3) is 5.32 Å². The van der Waals surface area contributed by atoms with E-state index in [1.807, 2.05) is 0 Å². The SMILES string of the molecule is C.C.CC(C)NC(C)C.CC(C)[N-]C(C)C.CCCC.C[C@@H]1OC(=O)[C@H](C)OC(=O)[C@H](C)OC1=O.C[C@@H]1OC(=O)[C@H](C)OC1=O.C[C@H](O)C(=O)O[C@@H](C)C(=O)O[C@@H](C)C(=O)O.[CH2-]CCC.[Li+].[Li+]. The van der Waals surface area contributed by atoms with Gasteiger partial charge in [-0.05, 0) is 55.4 Å². The number of aliphatic hydroxyl groups is 1. The summed E-state index contributed by atoms with van der Waals surface area (Å²) in [5.41, 5.74) is 0. The molecular weight excluding hydrogens is 866 g/mol. The second-order valence-corrected chi connectivity index (χ2v) is 15.2. The first-order valence-corrected chi connectivity index (χ1v) is 21.5. The third-order valence-electron chi connectivity index (χ3n) is 6.85. The number of hydrogen-bond donors (Lipinski definition) is 3. The van der Waals surface area contributed by atoms with Crippen LogP contribution in [-0.2, 0) is 71.5 Å². The van der Waals surface area contributed by atoms with E-state index >= 15 is 0 Å². The maximum Gasteiger partial charge on any atom is 1.00 e. The maximum atomic E-state index is 11.2. The van der Waals surface area contributed by atoms with Crippen LogP contribution in [0.1, 0.15) is 172 Å². The van der Waals surface area contributed by atoms with Crippen molar-refractivity contribution in [1.82, 2.24) is 5.32 Å². The molecule has 0 aromatic carbocycles. The topological polar surface area (TPSA) is 268 Å². The Bertz CT molecular complexity index is 1220. The summed E-state index contributed by atoms with van der Waals surface area (Å²) in [5.74, 6) is -6.51. The first kappa shape index (κ1) is 83.8. The van der Waals surface area contributed by atoms with Gasteiger partial charge in [0, 0.05) is 12.1 Å². The van der Waals surface area contributed by atoms with Gasteiger partial charge in [-0.1, -0.05) is 110 Å². The molecule has 2 aliphatic rings. The Morgan fingerprint density at radius 2 is 0.791 bits per heavy atom. The van der Waals surface area contributed by atoms with Crippen LogP contribution in [0.3, 0.4) is 0 Å². The fourth-order valence-electron chi connectivity index (χ4n) is 3.50. The Morgan fingerprint density at radius 3 is 0.925 bits per heavy atom. The minimum Gasteiger partial charge on any atom is -0.658 e. The second kappa shape index (κ2) is 49.3. The molecule has 0 spiro atoms. The van der Waals surface area contributed by atoms with Crippen LogP contribution in [-0.4, -0.2) is 131 Å². The Labute approximate surface area is 428 Å². The Kier molecular flexibility index (Phi) is 61.6. The average molecular weight is 957 g/mol. The molecule has 0 aromatic heterocycles. The van der Waals surface area contributed by atoms with Crippen LogP contribution in [0.2, 0.25) is 0 Å². The number of aliphatic carboxylic acids is 1. The number of ether oxygens (including phenoxy) is 7. The molecule has 0 bridgehead atoms. The molecule has 21 heteroatoms. The predicted octanol–water partition coefficient (Wildman–Crippen LogP) is 1.25. The predicted molar refractivity (Wildman–Crippen MR) is 250 cm³/mol. The van der Waals surface area contributed by atoms with Crippen LogP contribution >= 0.6 is 0 Å². The van der Waals surface area contributed by atoms with Crippen LogP contribution in [0.15, 0.2) is 0 Å². The smallest absolute Gasteiger partial charge is 0.658 e. The number of nitrogens with one attached hydrogen (secondary N) is 1. The number of esters is 7. The molecule has 3 N–H and O–H groups in total. The Morgan fingerprint density at radius 1 is 0.552 bits per heavy atom. The molecule has 67 heavy (non-hydrogen) atoms. The molecule has 19 nitrogen and oxygen atoms in total. The van der Waals surface area contributed by atoms with Crippen LogP contribution in [0.5, 0.6) is 0 Å². The molecule has 0 aliphatic carbocycles. The molecule has 0 radical (unpaired) electrons. The zero-order chi connectivity index (χ0) is 50.7. The number of nitrogens with zero attached hydrogens (tertiary/aromatic N) is 1. The number of carbonyl (C=O) groups is 8. The van der Waals surface area contributed by atoms with E-state index in [1.165, 1.54) is 74.7 Å². The Balaban J connectivity index is -0.0000000873. The fraction of sp³-hybridized carbons (Fsp3) is 0.804. The molecule has 0 amide bonds. The van der Waals surface area contributed by atoms with Gasteiger partial charge in [0.05, 0.1) is 0 Å². The van der Waals surface area contributed by atoms with Crippen LogP contribution in [0.4, 0.5) is 0 Å². The minimum atomic E-state index is -1.35. The van der Waals surface area contributed by atoms with Gasteiger partial charge in [-0.15, -0.1) is 12.1 Å². The van der Waals surface area contributed by atoms with Crippen LogP contribution < -0.4 is 43.0 Å². The molecule has 0 saturated carbocycles. The summed E-state index contributed by atoms with van der Waals surface area (Å²) in [6.45, 7) is 37.7. The minimum absolute atomic E-state index is 0. The number of carbonyl (C=O) groups excluding carboxylic acids is 7.